The number of hydrogen-bond donors (Lipinski definition) is 2. The van der Waals surface area contributed by atoms with Crippen LogP contribution in [0.1, 0.15) is 45.7 Å². The fourth-order valence-electron chi connectivity index (χ4n) is 2.75. The molecule has 0 atom stereocenters. The van der Waals surface area contributed by atoms with Crippen LogP contribution < -0.4 is 10.6 Å². The molecule has 10 nitrogen and oxygen atoms in total. The third-order valence-corrected chi connectivity index (χ3v) is 4.76. The van der Waals surface area contributed by atoms with Gasteiger partial charge in [0.15, 0.2) is 0 Å². The van der Waals surface area contributed by atoms with E-state index < -0.39 is 35.2 Å². The summed E-state index contributed by atoms with van der Waals surface area (Å²) in [6.07, 6.45) is -0.332. The zero-order valence-corrected chi connectivity index (χ0v) is 20.9. The second-order valence-electron chi connectivity index (χ2n) is 8.64. The first-order valence-electron chi connectivity index (χ1n) is 10.9. The van der Waals surface area contributed by atoms with Crippen LogP contribution >= 0.6 is 0 Å². The first-order chi connectivity index (χ1) is 16.3. The van der Waals surface area contributed by atoms with Crippen LogP contribution in [-0.4, -0.2) is 50.6 Å². The lowest BCUT2D eigenvalue weighted by Gasteiger charge is -2.30. The van der Waals surface area contributed by atoms with E-state index in [-0.39, 0.29) is 32.0 Å². The quantitative estimate of drug-likeness (QED) is 0.197. The van der Waals surface area contributed by atoms with Crippen molar-refractivity contribution in [3.05, 3.63) is 60.2 Å². The average Bonchev–Trinajstić information content (AvgIpc) is 2.78. The van der Waals surface area contributed by atoms with Crippen molar-refractivity contribution in [1.29, 1.82) is 0 Å². The summed E-state index contributed by atoms with van der Waals surface area (Å²) in [5, 5.41) is 5.54. The molecule has 0 aliphatic rings. The Hall–Kier alpha value is -3.82. The molecule has 0 heterocycles. The molecule has 1 aromatic carbocycles. The van der Waals surface area contributed by atoms with Crippen molar-refractivity contribution in [1.82, 2.24) is 10.6 Å². The number of carbonyl (C=O) groups is 4. The molecule has 1 aromatic rings. The van der Waals surface area contributed by atoms with Crippen LogP contribution in [0.5, 0.6) is 0 Å². The van der Waals surface area contributed by atoms with Gasteiger partial charge < -0.3 is 29.6 Å². The Morgan fingerprint density at radius 3 is 1.69 bits per heavy atom. The average molecular weight is 491 g/mol. The van der Waals surface area contributed by atoms with Crippen LogP contribution in [0.3, 0.4) is 0 Å². The number of hydrogen-bond acceptors (Lipinski definition) is 8. The van der Waals surface area contributed by atoms with E-state index in [2.05, 4.69) is 23.8 Å². The molecule has 0 radical (unpaired) electrons. The van der Waals surface area contributed by atoms with Gasteiger partial charge in [-0.2, -0.15) is 0 Å². The first-order valence-corrected chi connectivity index (χ1v) is 10.9. The van der Waals surface area contributed by atoms with Crippen molar-refractivity contribution >= 4 is 24.1 Å². The lowest BCUT2D eigenvalue weighted by molar-refractivity contribution is -0.140. The molecule has 0 aromatic heterocycles. The van der Waals surface area contributed by atoms with Gasteiger partial charge in [0.1, 0.15) is 26.4 Å². The van der Waals surface area contributed by atoms with Crippen LogP contribution in [0.25, 0.3) is 0 Å². The van der Waals surface area contributed by atoms with Crippen LogP contribution in [0, 0.1) is 0 Å². The number of ether oxygens (including phenoxy) is 4. The Kier molecular flexibility index (Phi) is 11.0. The van der Waals surface area contributed by atoms with Crippen LogP contribution in [0.4, 0.5) is 9.59 Å². The molecular formula is C25H34N2O8. The standard InChI is InChI=1S/C25H34N2O8/c1-8-20(28)32-12-14-34-22(30)26-24(4,5)18-10-9-11-19(16-18)25(6,7)27-23(31)35-15-13-33-21(29)17(2)3/h8-11,16H,1-2,12-15H2,3-7H3,(H,26,30)(H,27,31). The van der Waals surface area contributed by atoms with Gasteiger partial charge in [0.25, 0.3) is 0 Å². The molecule has 0 aliphatic heterocycles. The van der Waals surface area contributed by atoms with Gasteiger partial charge in [-0.05, 0) is 45.7 Å². The Morgan fingerprint density at radius 1 is 0.829 bits per heavy atom. The van der Waals surface area contributed by atoms with Crippen molar-refractivity contribution in [2.75, 3.05) is 26.4 Å². The highest BCUT2D eigenvalue weighted by Crippen LogP contribution is 2.27. The van der Waals surface area contributed by atoms with Gasteiger partial charge in [-0.15, -0.1) is 0 Å². The van der Waals surface area contributed by atoms with Crippen molar-refractivity contribution in [2.45, 2.75) is 45.7 Å². The lowest BCUT2D eigenvalue weighted by Crippen LogP contribution is -2.43. The largest absolute Gasteiger partial charge is 0.459 e. The van der Waals surface area contributed by atoms with Crippen LogP contribution in [0.15, 0.2) is 49.1 Å². The summed E-state index contributed by atoms with van der Waals surface area (Å²) in [5.74, 6) is -1.15. The van der Waals surface area contributed by atoms with E-state index in [1.54, 1.807) is 33.8 Å². The number of benzene rings is 1. The first kappa shape index (κ1) is 29.2. The fraction of sp³-hybridized carbons (Fsp3) is 0.440. The van der Waals surface area contributed by atoms with Crippen LogP contribution in [0.2, 0.25) is 0 Å². The highest BCUT2D eigenvalue weighted by molar-refractivity contribution is 5.86. The monoisotopic (exact) mass is 490 g/mol. The maximum atomic E-state index is 12.2. The van der Waals surface area contributed by atoms with Gasteiger partial charge >= 0.3 is 24.1 Å². The normalized spacial score (nSPS) is 11.0. The van der Waals surface area contributed by atoms with Gasteiger partial charge in [0.2, 0.25) is 0 Å². The maximum absolute atomic E-state index is 12.2. The molecule has 2 amide bonds. The lowest BCUT2D eigenvalue weighted by atomic mass is 9.87. The topological polar surface area (TPSA) is 129 Å². The molecule has 0 bridgehead atoms. The highest BCUT2D eigenvalue weighted by atomic mass is 16.6. The third kappa shape index (κ3) is 10.3. The van der Waals surface area contributed by atoms with E-state index in [1.807, 2.05) is 18.2 Å². The van der Waals surface area contributed by atoms with Crippen molar-refractivity contribution in [3.63, 3.8) is 0 Å². The molecule has 0 aliphatic carbocycles. The number of nitrogens with one attached hydrogen (secondary N) is 2. The van der Waals surface area contributed by atoms with E-state index in [0.29, 0.717) is 0 Å². The molecule has 192 valence electrons. The van der Waals surface area contributed by atoms with Crippen molar-refractivity contribution in [3.8, 4) is 0 Å². The predicted octanol–water partition coefficient (Wildman–Crippen LogP) is 3.46. The molecule has 35 heavy (non-hydrogen) atoms. The van der Waals surface area contributed by atoms with E-state index >= 15 is 0 Å². The van der Waals surface area contributed by atoms with Gasteiger partial charge in [0.05, 0.1) is 11.1 Å². The Labute approximate surface area is 205 Å². The SMILES string of the molecule is C=CC(=O)OCCOC(=O)NC(C)(C)c1cccc(C(C)(C)NC(=O)OCCOC(=O)C(=C)C)c1. The van der Waals surface area contributed by atoms with Gasteiger partial charge in [-0.3, -0.25) is 0 Å². The molecule has 1 rings (SSSR count). The number of rotatable bonds is 12. The van der Waals surface area contributed by atoms with E-state index in [9.17, 15) is 19.2 Å². The fourth-order valence-corrected chi connectivity index (χ4v) is 2.75. The van der Waals surface area contributed by atoms with Crippen LogP contribution in [-0.2, 0) is 39.6 Å². The summed E-state index contributed by atoms with van der Waals surface area (Å²) in [4.78, 5) is 46.8. The Bertz CT molecular complexity index is 953. The van der Waals surface area contributed by atoms with Gasteiger partial charge in [0, 0.05) is 11.6 Å². The molecular weight excluding hydrogens is 456 g/mol. The van der Waals surface area contributed by atoms with Gasteiger partial charge in [-0.25, -0.2) is 19.2 Å². The highest BCUT2D eigenvalue weighted by Gasteiger charge is 2.28. The Morgan fingerprint density at radius 2 is 1.26 bits per heavy atom. The smallest absolute Gasteiger partial charge is 0.407 e. The predicted molar refractivity (Wildman–Crippen MR) is 128 cm³/mol. The summed E-state index contributed by atoms with van der Waals surface area (Å²) in [7, 11) is 0. The molecule has 0 spiro atoms. The second-order valence-corrected chi connectivity index (χ2v) is 8.64. The zero-order chi connectivity index (χ0) is 26.6. The number of amides is 2. The summed E-state index contributed by atoms with van der Waals surface area (Å²) >= 11 is 0. The second kappa shape index (κ2) is 13.2. The molecule has 0 saturated carbocycles. The minimum absolute atomic E-state index is 0.0817. The van der Waals surface area contributed by atoms with Gasteiger partial charge in [-0.1, -0.05) is 37.4 Å². The van der Waals surface area contributed by atoms with E-state index in [0.717, 1.165) is 17.2 Å². The minimum atomic E-state index is -0.812. The van der Waals surface area contributed by atoms with E-state index in [1.165, 1.54) is 6.92 Å². The summed E-state index contributed by atoms with van der Waals surface area (Å²) in [6, 6.07) is 7.32. The van der Waals surface area contributed by atoms with E-state index in [4.69, 9.17) is 18.9 Å². The molecule has 0 saturated heterocycles. The summed E-state index contributed by atoms with van der Waals surface area (Å²) in [5.41, 5.74) is 0.164. The molecule has 10 heteroatoms. The minimum Gasteiger partial charge on any atom is -0.459 e. The maximum Gasteiger partial charge on any atom is 0.407 e. The number of carbonyl (C=O) groups excluding carboxylic acids is 4. The summed E-state index contributed by atoms with van der Waals surface area (Å²) < 4.78 is 19.8. The number of alkyl carbamates (subject to hydrolysis) is 2. The molecule has 0 fully saturated rings. The summed E-state index contributed by atoms with van der Waals surface area (Å²) in [6.45, 7) is 15.1. The van der Waals surface area contributed by atoms with Crippen molar-refractivity contribution < 1.29 is 38.1 Å². The Balaban J connectivity index is 2.68. The zero-order valence-electron chi connectivity index (χ0n) is 20.9. The number of esters is 2. The van der Waals surface area contributed by atoms with Crippen molar-refractivity contribution in [2.24, 2.45) is 0 Å². The third-order valence-electron chi connectivity index (χ3n) is 4.76. The molecule has 2 N–H and O–H groups in total. The molecule has 0 unspecified atom stereocenters.